The number of hydrogen-bond acceptors (Lipinski definition) is 6. The molecule has 96 valence electrons. The molecule has 1 N–H and O–H groups in total. The zero-order valence-electron chi connectivity index (χ0n) is 10.3. The van der Waals surface area contributed by atoms with E-state index in [1.165, 1.54) is 11.8 Å². The van der Waals surface area contributed by atoms with Crippen molar-refractivity contribution in [3.8, 4) is 11.8 Å². The Morgan fingerprint density at radius 2 is 1.88 bits per heavy atom. The third kappa shape index (κ3) is 4.79. The van der Waals surface area contributed by atoms with Crippen molar-refractivity contribution >= 4 is 11.8 Å². The summed E-state index contributed by atoms with van der Waals surface area (Å²) in [5.74, 6) is 2.27. The van der Waals surface area contributed by atoms with Gasteiger partial charge in [0.05, 0.1) is 20.3 Å². The van der Waals surface area contributed by atoms with Crippen LogP contribution in [0.15, 0.2) is 11.2 Å². The normalized spacial score (nSPS) is 12.2. The highest BCUT2D eigenvalue weighted by molar-refractivity contribution is 7.99. The quantitative estimate of drug-likeness (QED) is 0.592. The summed E-state index contributed by atoms with van der Waals surface area (Å²) in [6, 6.07) is 1.64. The van der Waals surface area contributed by atoms with Crippen LogP contribution in [0.1, 0.15) is 13.3 Å². The van der Waals surface area contributed by atoms with E-state index in [0.717, 1.165) is 12.2 Å². The molecule has 1 aromatic rings. The van der Waals surface area contributed by atoms with E-state index in [1.54, 1.807) is 20.3 Å². The minimum Gasteiger partial charge on any atom is -0.481 e. The van der Waals surface area contributed by atoms with Gasteiger partial charge in [-0.3, -0.25) is 0 Å². The predicted molar refractivity (Wildman–Crippen MR) is 66.7 cm³/mol. The molecule has 1 atom stereocenters. The van der Waals surface area contributed by atoms with Crippen molar-refractivity contribution in [3.63, 3.8) is 0 Å². The molecule has 1 rings (SSSR count). The molecule has 0 saturated carbocycles. The molecule has 0 radical (unpaired) electrons. The third-order valence-electron chi connectivity index (χ3n) is 2.20. The first-order valence-electron chi connectivity index (χ1n) is 5.40. The van der Waals surface area contributed by atoms with Gasteiger partial charge in [-0.25, -0.2) is 0 Å². The first kappa shape index (κ1) is 14.1. The van der Waals surface area contributed by atoms with Crippen molar-refractivity contribution in [2.24, 2.45) is 5.92 Å². The van der Waals surface area contributed by atoms with Crippen molar-refractivity contribution in [1.29, 1.82) is 0 Å². The van der Waals surface area contributed by atoms with Gasteiger partial charge in [0, 0.05) is 12.4 Å². The second-order valence-corrected chi connectivity index (χ2v) is 4.65. The van der Waals surface area contributed by atoms with Crippen LogP contribution in [-0.2, 0) is 0 Å². The van der Waals surface area contributed by atoms with Gasteiger partial charge in [-0.1, -0.05) is 18.7 Å². The summed E-state index contributed by atoms with van der Waals surface area (Å²) < 4.78 is 10.1. The zero-order chi connectivity index (χ0) is 12.7. The summed E-state index contributed by atoms with van der Waals surface area (Å²) in [6.07, 6.45) is 0.786. The van der Waals surface area contributed by atoms with Gasteiger partial charge in [0.1, 0.15) is 0 Å². The highest BCUT2D eigenvalue weighted by atomic mass is 32.2. The first-order chi connectivity index (χ1) is 8.19. The lowest BCUT2D eigenvalue weighted by Crippen LogP contribution is -2.02. The predicted octanol–water partition coefficient (Wildman–Crippen LogP) is 1.60. The number of aliphatic hydroxyl groups excluding tert-OH is 1. The molecule has 0 aromatic carbocycles. The van der Waals surface area contributed by atoms with Gasteiger partial charge in [-0.15, -0.1) is 0 Å². The van der Waals surface area contributed by atoms with Crippen LogP contribution < -0.4 is 9.47 Å². The van der Waals surface area contributed by atoms with Crippen LogP contribution in [0.5, 0.6) is 11.8 Å². The maximum Gasteiger partial charge on any atom is 0.220 e. The molecule has 0 fully saturated rings. The molecule has 1 unspecified atom stereocenters. The maximum atomic E-state index is 8.82. The van der Waals surface area contributed by atoms with Crippen LogP contribution in [0.25, 0.3) is 0 Å². The third-order valence-corrected chi connectivity index (χ3v) is 3.37. The Kier molecular flexibility index (Phi) is 6.07. The average Bonchev–Trinajstić information content (AvgIpc) is 2.36. The smallest absolute Gasteiger partial charge is 0.220 e. The van der Waals surface area contributed by atoms with E-state index in [-0.39, 0.29) is 6.61 Å². The molecule has 0 amide bonds. The number of rotatable bonds is 7. The number of methoxy groups -OCH3 is 2. The first-order valence-corrected chi connectivity index (χ1v) is 6.38. The molecular weight excluding hydrogens is 240 g/mol. The monoisotopic (exact) mass is 258 g/mol. The second kappa shape index (κ2) is 7.34. The number of aromatic nitrogens is 2. The largest absolute Gasteiger partial charge is 0.481 e. The maximum absolute atomic E-state index is 8.82. The second-order valence-electron chi connectivity index (χ2n) is 3.66. The Balaban J connectivity index is 2.63. The van der Waals surface area contributed by atoms with E-state index in [4.69, 9.17) is 14.6 Å². The summed E-state index contributed by atoms with van der Waals surface area (Å²) in [6.45, 7) is 2.30. The van der Waals surface area contributed by atoms with Crippen molar-refractivity contribution in [1.82, 2.24) is 9.97 Å². The van der Waals surface area contributed by atoms with Crippen LogP contribution in [0.2, 0.25) is 0 Å². The molecule has 1 heterocycles. The molecule has 1 aromatic heterocycles. The lowest BCUT2D eigenvalue weighted by atomic mass is 10.1. The Hall–Kier alpha value is -1.01. The number of thioether (sulfide) groups is 1. The summed E-state index contributed by atoms with van der Waals surface area (Å²) in [4.78, 5) is 8.44. The van der Waals surface area contributed by atoms with Gasteiger partial charge in [0.25, 0.3) is 0 Å². The summed E-state index contributed by atoms with van der Waals surface area (Å²) in [5.41, 5.74) is 0. The van der Waals surface area contributed by atoms with Crippen LogP contribution in [0.4, 0.5) is 0 Å². The Bertz CT molecular complexity index is 327. The highest BCUT2D eigenvalue weighted by Gasteiger charge is 2.08. The topological polar surface area (TPSA) is 64.5 Å². The number of hydrogen-bond donors (Lipinski definition) is 1. The van der Waals surface area contributed by atoms with Gasteiger partial charge >= 0.3 is 0 Å². The molecule has 0 saturated heterocycles. The fraction of sp³-hybridized carbons (Fsp3) is 0.636. The molecule has 6 heteroatoms. The SMILES string of the molecule is COc1cc(OC)nc(SCC(C)CCO)n1. The minimum absolute atomic E-state index is 0.212. The Labute approximate surface area is 106 Å². The summed E-state index contributed by atoms with van der Waals surface area (Å²) in [5, 5.41) is 9.45. The molecule has 0 aliphatic rings. The van der Waals surface area contributed by atoms with Crippen molar-refractivity contribution in [3.05, 3.63) is 6.07 Å². The number of nitrogens with zero attached hydrogens (tertiary/aromatic N) is 2. The van der Waals surface area contributed by atoms with Gasteiger partial charge in [-0.05, 0) is 12.3 Å². The van der Waals surface area contributed by atoms with Gasteiger partial charge in [0.15, 0.2) is 5.16 Å². The van der Waals surface area contributed by atoms with Crippen LogP contribution >= 0.6 is 11.8 Å². The van der Waals surface area contributed by atoms with Crippen LogP contribution in [0.3, 0.4) is 0 Å². The fourth-order valence-corrected chi connectivity index (χ4v) is 2.09. The van der Waals surface area contributed by atoms with E-state index in [1.807, 2.05) is 0 Å². The lowest BCUT2D eigenvalue weighted by molar-refractivity contribution is 0.269. The molecule has 0 bridgehead atoms. The average molecular weight is 258 g/mol. The number of aliphatic hydroxyl groups is 1. The van der Waals surface area contributed by atoms with Crippen molar-refractivity contribution in [2.75, 3.05) is 26.6 Å². The van der Waals surface area contributed by atoms with E-state index in [9.17, 15) is 0 Å². The minimum atomic E-state index is 0.212. The zero-order valence-corrected chi connectivity index (χ0v) is 11.2. The highest BCUT2D eigenvalue weighted by Crippen LogP contribution is 2.23. The molecule has 0 spiro atoms. The standard InChI is InChI=1S/C11H18N2O3S/c1-8(4-5-14)7-17-11-12-9(15-2)6-10(13-11)16-3/h6,8,14H,4-5,7H2,1-3H3. The summed E-state index contributed by atoms with van der Waals surface area (Å²) >= 11 is 1.53. The molecule has 0 aliphatic heterocycles. The van der Waals surface area contributed by atoms with Crippen molar-refractivity contribution < 1.29 is 14.6 Å². The molecule has 5 nitrogen and oxygen atoms in total. The fourth-order valence-electron chi connectivity index (χ4n) is 1.18. The Morgan fingerprint density at radius 3 is 2.35 bits per heavy atom. The van der Waals surface area contributed by atoms with Crippen LogP contribution in [-0.4, -0.2) is 41.7 Å². The Morgan fingerprint density at radius 1 is 1.29 bits per heavy atom. The van der Waals surface area contributed by atoms with Crippen molar-refractivity contribution in [2.45, 2.75) is 18.5 Å². The van der Waals surface area contributed by atoms with Gasteiger partial charge in [0.2, 0.25) is 11.8 Å². The lowest BCUT2D eigenvalue weighted by Gasteiger charge is -2.09. The van der Waals surface area contributed by atoms with E-state index in [2.05, 4.69) is 16.9 Å². The van der Waals surface area contributed by atoms with E-state index in [0.29, 0.717) is 22.8 Å². The molecule has 17 heavy (non-hydrogen) atoms. The number of ether oxygens (including phenoxy) is 2. The van der Waals surface area contributed by atoms with Crippen LogP contribution in [0, 0.1) is 5.92 Å². The van der Waals surface area contributed by atoms with E-state index < -0.39 is 0 Å². The van der Waals surface area contributed by atoms with Gasteiger partial charge in [-0.2, -0.15) is 9.97 Å². The summed E-state index contributed by atoms with van der Waals surface area (Å²) in [7, 11) is 3.12. The molecule has 0 aliphatic carbocycles. The molecular formula is C11H18N2O3S. The van der Waals surface area contributed by atoms with E-state index >= 15 is 0 Å². The van der Waals surface area contributed by atoms with Gasteiger partial charge < -0.3 is 14.6 Å².